The van der Waals surface area contributed by atoms with Crippen LogP contribution >= 0.6 is 0 Å². The lowest BCUT2D eigenvalue weighted by molar-refractivity contribution is 0.373. The zero-order valence-corrected chi connectivity index (χ0v) is 12.5. The van der Waals surface area contributed by atoms with E-state index in [1.54, 1.807) is 12.4 Å². The van der Waals surface area contributed by atoms with Crippen LogP contribution in [0.1, 0.15) is 5.56 Å². The molecule has 0 amide bonds. The molecule has 0 saturated heterocycles. The van der Waals surface area contributed by atoms with E-state index in [9.17, 15) is 0 Å². The Morgan fingerprint density at radius 1 is 1.10 bits per heavy atom. The topological polar surface area (TPSA) is 59.7 Å². The Morgan fingerprint density at radius 3 is 2.71 bits per heavy atom. The van der Waals surface area contributed by atoms with E-state index in [2.05, 4.69) is 45.2 Å². The van der Waals surface area contributed by atoms with Crippen molar-refractivity contribution in [1.82, 2.24) is 29.6 Å². The molecule has 0 aliphatic heterocycles. The van der Waals surface area contributed by atoms with Gasteiger partial charge in [-0.3, -0.25) is 9.67 Å². The van der Waals surface area contributed by atoms with Gasteiger partial charge in [-0.1, -0.05) is 0 Å². The molecule has 3 aromatic rings. The molecule has 0 fully saturated rings. The van der Waals surface area contributed by atoms with Crippen LogP contribution in [0.25, 0.3) is 22.3 Å². The van der Waals surface area contributed by atoms with Crippen molar-refractivity contribution in [3.8, 4) is 11.1 Å². The monoisotopic (exact) mass is 282 g/mol. The lowest BCUT2D eigenvalue weighted by atomic mass is 10.1. The molecule has 0 unspecified atom stereocenters. The Morgan fingerprint density at radius 2 is 1.90 bits per heavy atom. The van der Waals surface area contributed by atoms with Crippen LogP contribution in [0, 0.1) is 6.92 Å². The normalized spacial score (nSPS) is 11.4. The number of pyridine rings is 1. The van der Waals surface area contributed by atoms with Gasteiger partial charge in [-0.25, -0.2) is 9.97 Å². The molecular weight excluding hydrogens is 264 g/mol. The minimum atomic E-state index is 0.679. The third-order valence-electron chi connectivity index (χ3n) is 3.47. The zero-order chi connectivity index (χ0) is 14.8. The van der Waals surface area contributed by atoms with Crippen LogP contribution < -0.4 is 0 Å². The Bertz CT molecular complexity index is 762. The molecule has 108 valence electrons. The fourth-order valence-corrected chi connectivity index (χ4v) is 2.26. The zero-order valence-electron chi connectivity index (χ0n) is 12.5. The van der Waals surface area contributed by atoms with Gasteiger partial charge in [0.2, 0.25) is 0 Å². The largest absolute Gasteiger partial charge is 0.308 e. The van der Waals surface area contributed by atoms with Gasteiger partial charge in [-0.2, -0.15) is 5.10 Å². The van der Waals surface area contributed by atoms with E-state index in [-0.39, 0.29) is 0 Å². The quantitative estimate of drug-likeness (QED) is 0.729. The van der Waals surface area contributed by atoms with Crippen molar-refractivity contribution in [1.29, 1.82) is 0 Å². The van der Waals surface area contributed by atoms with Crippen LogP contribution in [0.3, 0.4) is 0 Å². The summed E-state index contributed by atoms with van der Waals surface area (Å²) in [6.07, 6.45) is 9.13. The lowest BCUT2D eigenvalue weighted by Crippen LogP contribution is -2.18. The molecule has 3 aromatic heterocycles. The van der Waals surface area contributed by atoms with E-state index >= 15 is 0 Å². The van der Waals surface area contributed by atoms with Gasteiger partial charge >= 0.3 is 0 Å². The molecule has 0 aliphatic carbocycles. The van der Waals surface area contributed by atoms with Gasteiger partial charge in [-0.15, -0.1) is 0 Å². The lowest BCUT2D eigenvalue weighted by Gasteiger charge is -2.08. The smallest absolute Gasteiger partial charge is 0.178 e. The standard InChI is InChI=1S/C15H18N6/c1-11-13(9-18-15-14(11)16-4-5-17-15)12-8-19-21(10-12)7-6-20(2)3/h4-5,8-10H,6-7H2,1-3H3. The predicted octanol–water partition coefficient (Wildman–Crippen LogP) is 1.76. The Hall–Kier alpha value is -2.34. The number of hydrogen-bond donors (Lipinski definition) is 0. The van der Waals surface area contributed by atoms with E-state index < -0.39 is 0 Å². The molecule has 0 saturated carbocycles. The molecule has 21 heavy (non-hydrogen) atoms. The Kier molecular flexibility index (Phi) is 3.62. The number of aromatic nitrogens is 5. The van der Waals surface area contributed by atoms with Crippen LogP contribution in [-0.2, 0) is 6.54 Å². The van der Waals surface area contributed by atoms with Crippen molar-refractivity contribution < 1.29 is 0 Å². The first-order valence-corrected chi connectivity index (χ1v) is 6.89. The van der Waals surface area contributed by atoms with Crippen molar-refractivity contribution in [2.24, 2.45) is 0 Å². The van der Waals surface area contributed by atoms with Crippen LogP contribution in [0.2, 0.25) is 0 Å². The number of rotatable bonds is 4. The summed E-state index contributed by atoms with van der Waals surface area (Å²) in [5, 5.41) is 4.41. The molecule has 3 heterocycles. The van der Waals surface area contributed by atoms with Crippen molar-refractivity contribution in [2.45, 2.75) is 13.5 Å². The van der Waals surface area contributed by atoms with Gasteiger partial charge in [0.25, 0.3) is 0 Å². The second kappa shape index (κ2) is 5.57. The number of aryl methyl sites for hydroxylation is 1. The molecule has 0 spiro atoms. The molecule has 0 atom stereocenters. The van der Waals surface area contributed by atoms with Crippen LogP contribution in [0.4, 0.5) is 0 Å². The minimum absolute atomic E-state index is 0.679. The van der Waals surface area contributed by atoms with Gasteiger partial charge in [0, 0.05) is 42.5 Å². The summed E-state index contributed by atoms with van der Waals surface area (Å²) in [6.45, 7) is 3.87. The van der Waals surface area contributed by atoms with E-state index in [0.29, 0.717) is 5.65 Å². The average molecular weight is 282 g/mol. The summed E-state index contributed by atoms with van der Waals surface area (Å²) >= 11 is 0. The first-order valence-electron chi connectivity index (χ1n) is 6.89. The van der Waals surface area contributed by atoms with Crippen molar-refractivity contribution >= 4 is 11.2 Å². The summed E-state index contributed by atoms with van der Waals surface area (Å²) < 4.78 is 1.95. The van der Waals surface area contributed by atoms with Crippen molar-refractivity contribution in [3.63, 3.8) is 0 Å². The molecule has 0 radical (unpaired) electrons. The number of fused-ring (bicyclic) bond motifs is 1. The Balaban J connectivity index is 1.95. The van der Waals surface area contributed by atoms with Crippen molar-refractivity contribution in [2.75, 3.05) is 20.6 Å². The van der Waals surface area contributed by atoms with E-state index in [1.807, 2.05) is 24.0 Å². The summed E-state index contributed by atoms with van der Waals surface area (Å²) in [4.78, 5) is 15.1. The molecule has 6 nitrogen and oxygen atoms in total. The molecule has 6 heteroatoms. The van der Waals surface area contributed by atoms with Gasteiger partial charge in [0.05, 0.1) is 12.7 Å². The van der Waals surface area contributed by atoms with Gasteiger partial charge < -0.3 is 4.90 Å². The summed E-state index contributed by atoms with van der Waals surface area (Å²) in [6, 6.07) is 0. The average Bonchev–Trinajstić information content (AvgIpc) is 2.94. The van der Waals surface area contributed by atoms with Crippen LogP contribution in [-0.4, -0.2) is 50.3 Å². The van der Waals surface area contributed by atoms with Crippen molar-refractivity contribution in [3.05, 3.63) is 36.5 Å². The first-order chi connectivity index (χ1) is 10.1. The molecule has 0 aromatic carbocycles. The molecule has 0 bridgehead atoms. The highest BCUT2D eigenvalue weighted by Gasteiger charge is 2.10. The highest BCUT2D eigenvalue weighted by molar-refractivity contribution is 5.82. The third-order valence-corrected chi connectivity index (χ3v) is 3.47. The molecule has 0 aliphatic rings. The second-order valence-electron chi connectivity index (χ2n) is 5.32. The summed E-state index contributed by atoms with van der Waals surface area (Å²) in [5.74, 6) is 0. The predicted molar refractivity (Wildman–Crippen MR) is 81.8 cm³/mol. The minimum Gasteiger partial charge on any atom is -0.308 e. The maximum absolute atomic E-state index is 4.41. The second-order valence-corrected chi connectivity index (χ2v) is 5.32. The van der Waals surface area contributed by atoms with E-state index in [1.165, 1.54) is 0 Å². The van der Waals surface area contributed by atoms with E-state index in [0.717, 1.165) is 35.3 Å². The highest BCUT2D eigenvalue weighted by Crippen LogP contribution is 2.25. The summed E-state index contributed by atoms with van der Waals surface area (Å²) in [5.41, 5.74) is 4.72. The number of nitrogens with zero attached hydrogens (tertiary/aromatic N) is 6. The highest BCUT2D eigenvalue weighted by atomic mass is 15.3. The fourth-order valence-electron chi connectivity index (χ4n) is 2.26. The third kappa shape index (κ3) is 2.75. The van der Waals surface area contributed by atoms with Gasteiger partial charge in [0.1, 0.15) is 5.52 Å². The van der Waals surface area contributed by atoms with E-state index in [4.69, 9.17) is 0 Å². The van der Waals surface area contributed by atoms with Crippen LogP contribution in [0.5, 0.6) is 0 Å². The maximum atomic E-state index is 4.41. The maximum Gasteiger partial charge on any atom is 0.178 e. The molecule has 3 rings (SSSR count). The molecule has 0 N–H and O–H groups in total. The number of likely N-dealkylation sites (N-methyl/N-ethyl adjacent to an activating group) is 1. The summed E-state index contributed by atoms with van der Waals surface area (Å²) in [7, 11) is 4.11. The number of hydrogen-bond acceptors (Lipinski definition) is 5. The van der Waals surface area contributed by atoms with Gasteiger partial charge in [-0.05, 0) is 26.6 Å². The van der Waals surface area contributed by atoms with Crippen LogP contribution in [0.15, 0.2) is 31.0 Å². The SMILES string of the molecule is Cc1c(-c2cnn(CCN(C)C)c2)cnc2nccnc12. The fraction of sp³-hybridized carbons (Fsp3) is 0.333. The molecular formula is C15H18N6. The van der Waals surface area contributed by atoms with Gasteiger partial charge in [0.15, 0.2) is 5.65 Å². The first kappa shape index (κ1) is 13.6. The Labute approximate surface area is 123 Å².